The molecule has 0 saturated heterocycles. The first-order valence-electron chi connectivity index (χ1n) is 5.66. The summed E-state index contributed by atoms with van der Waals surface area (Å²) in [6.45, 7) is 0.333. The molecule has 0 aliphatic heterocycles. The fraction of sp³-hybridized carbons (Fsp3) is 0.0714. The van der Waals surface area contributed by atoms with Gasteiger partial charge < -0.3 is 14.2 Å². The van der Waals surface area contributed by atoms with Crippen molar-refractivity contribution in [1.29, 1.82) is 0 Å². The number of benzene rings is 1. The monoisotopic (exact) mass is 240 g/mol. The summed E-state index contributed by atoms with van der Waals surface area (Å²) in [5.41, 5.74) is 1.71. The predicted octanol–water partition coefficient (Wildman–Crippen LogP) is 2.62. The maximum atomic E-state index is 9.58. The topological polar surface area (TPSA) is 46.8 Å². The first-order chi connectivity index (χ1) is 8.83. The number of phenolic OH excluding ortho intramolecular Hbond substituents is 1. The van der Waals surface area contributed by atoms with Gasteiger partial charge in [-0.1, -0.05) is 18.2 Å². The van der Waals surface area contributed by atoms with Crippen molar-refractivity contribution in [1.82, 2.24) is 9.38 Å². The van der Waals surface area contributed by atoms with E-state index >= 15 is 0 Å². The average Bonchev–Trinajstić information content (AvgIpc) is 2.80. The van der Waals surface area contributed by atoms with Gasteiger partial charge in [0.2, 0.25) is 0 Å². The van der Waals surface area contributed by atoms with E-state index in [1.165, 1.54) is 0 Å². The van der Waals surface area contributed by atoms with Crippen LogP contribution in [0.4, 0.5) is 0 Å². The molecule has 1 N–H and O–H groups in total. The molecule has 3 rings (SSSR count). The third kappa shape index (κ3) is 2.00. The molecule has 0 spiro atoms. The highest BCUT2D eigenvalue weighted by Crippen LogP contribution is 2.25. The van der Waals surface area contributed by atoms with Gasteiger partial charge in [0.1, 0.15) is 12.3 Å². The molecule has 0 unspecified atom stereocenters. The van der Waals surface area contributed by atoms with Gasteiger partial charge in [-0.2, -0.15) is 0 Å². The molecule has 0 saturated carbocycles. The van der Waals surface area contributed by atoms with E-state index in [0.29, 0.717) is 12.4 Å². The van der Waals surface area contributed by atoms with E-state index in [-0.39, 0.29) is 5.75 Å². The standard InChI is InChI=1S/C14H12N2O2/c17-12-5-1-2-6-13(12)18-10-11-9-16-8-4-3-7-14(16)15-11/h1-9,17H,10H2. The number of rotatable bonds is 3. The molecule has 90 valence electrons. The molecule has 18 heavy (non-hydrogen) atoms. The van der Waals surface area contributed by atoms with Gasteiger partial charge >= 0.3 is 0 Å². The van der Waals surface area contributed by atoms with Crippen molar-refractivity contribution in [2.75, 3.05) is 0 Å². The predicted molar refractivity (Wildman–Crippen MR) is 67.6 cm³/mol. The maximum Gasteiger partial charge on any atom is 0.161 e. The summed E-state index contributed by atoms with van der Waals surface area (Å²) >= 11 is 0. The molecule has 0 aliphatic carbocycles. The fourth-order valence-electron chi connectivity index (χ4n) is 1.79. The Hall–Kier alpha value is -2.49. The van der Waals surface area contributed by atoms with Crippen LogP contribution in [0.1, 0.15) is 5.69 Å². The molecule has 1 aromatic carbocycles. The summed E-state index contributed by atoms with van der Waals surface area (Å²) in [4.78, 5) is 4.41. The third-order valence-corrected chi connectivity index (χ3v) is 2.65. The fourth-order valence-corrected chi connectivity index (χ4v) is 1.79. The molecule has 0 atom stereocenters. The molecule has 4 nitrogen and oxygen atoms in total. The molecule has 2 heterocycles. The first-order valence-corrected chi connectivity index (χ1v) is 5.66. The average molecular weight is 240 g/mol. The highest BCUT2D eigenvalue weighted by Gasteiger charge is 2.04. The van der Waals surface area contributed by atoms with Gasteiger partial charge in [-0.15, -0.1) is 0 Å². The van der Waals surface area contributed by atoms with Crippen LogP contribution in [0.25, 0.3) is 5.65 Å². The molecule has 0 bridgehead atoms. The quantitative estimate of drug-likeness (QED) is 0.765. The van der Waals surface area contributed by atoms with Crippen LogP contribution >= 0.6 is 0 Å². The zero-order chi connectivity index (χ0) is 12.4. The van der Waals surface area contributed by atoms with Crippen LogP contribution in [-0.2, 0) is 6.61 Å². The van der Waals surface area contributed by atoms with Gasteiger partial charge in [-0.05, 0) is 24.3 Å². The Labute approximate surface area is 104 Å². The Morgan fingerprint density at radius 2 is 1.94 bits per heavy atom. The van der Waals surface area contributed by atoms with Crippen LogP contribution in [0.15, 0.2) is 54.9 Å². The molecular weight excluding hydrogens is 228 g/mol. The number of aromatic hydroxyl groups is 1. The van der Waals surface area contributed by atoms with Crippen molar-refractivity contribution in [3.8, 4) is 11.5 Å². The smallest absolute Gasteiger partial charge is 0.161 e. The zero-order valence-electron chi connectivity index (χ0n) is 9.65. The van der Waals surface area contributed by atoms with Gasteiger partial charge in [0, 0.05) is 12.4 Å². The maximum absolute atomic E-state index is 9.58. The number of nitrogens with zero attached hydrogens (tertiary/aromatic N) is 2. The summed E-state index contributed by atoms with van der Waals surface area (Å²) in [5, 5.41) is 9.58. The molecule has 0 amide bonds. The van der Waals surface area contributed by atoms with Crippen LogP contribution in [0.3, 0.4) is 0 Å². The largest absolute Gasteiger partial charge is 0.504 e. The van der Waals surface area contributed by atoms with Gasteiger partial charge in [0.25, 0.3) is 0 Å². The van der Waals surface area contributed by atoms with Crippen molar-refractivity contribution >= 4 is 5.65 Å². The van der Waals surface area contributed by atoms with Crippen molar-refractivity contribution in [3.05, 3.63) is 60.6 Å². The van der Waals surface area contributed by atoms with E-state index in [4.69, 9.17) is 4.74 Å². The van der Waals surface area contributed by atoms with Crippen molar-refractivity contribution < 1.29 is 9.84 Å². The number of phenols is 1. The molecule has 0 aliphatic rings. The lowest BCUT2D eigenvalue weighted by atomic mass is 10.3. The second-order valence-electron chi connectivity index (χ2n) is 3.95. The highest BCUT2D eigenvalue weighted by molar-refractivity contribution is 5.40. The van der Waals surface area contributed by atoms with Crippen LogP contribution in [-0.4, -0.2) is 14.5 Å². The van der Waals surface area contributed by atoms with E-state index in [1.807, 2.05) is 41.1 Å². The Morgan fingerprint density at radius 1 is 1.11 bits per heavy atom. The zero-order valence-corrected chi connectivity index (χ0v) is 9.65. The SMILES string of the molecule is Oc1ccccc1OCc1cn2ccccc2n1. The Kier molecular flexibility index (Phi) is 2.61. The van der Waals surface area contributed by atoms with Gasteiger partial charge in [-0.25, -0.2) is 4.98 Å². The van der Waals surface area contributed by atoms with E-state index in [2.05, 4.69) is 4.98 Å². The second kappa shape index (κ2) is 4.41. The summed E-state index contributed by atoms with van der Waals surface area (Å²) in [7, 11) is 0. The van der Waals surface area contributed by atoms with E-state index < -0.39 is 0 Å². The molecule has 0 fully saturated rings. The lowest BCUT2D eigenvalue weighted by molar-refractivity contribution is 0.285. The summed E-state index contributed by atoms with van der Waals surface area (Å²) in [6, 6.07) is 12.7. The third-order valence-electron chi connectivity index (χ3n) is 2.65. The summed E-state index contributed by atoms with van der Waals surface area (Å²) < 4.78 is 7.46. The van der Waals surface area contributed by atoms with E-state index in [1.54, 1.807) is 18.2 Å². The minimum atomic E-state index is 0.140. The molecule has 4 heteroatoms. The van der Waals surface area contributed by atoms with Crippen LogP contribution in [0, 0.1) is 0 Å². The minimum absolute atomic E-state index is 0.140. The van der Waals surface area contributed by atoms with E-state index in [0.717, 1.165) is 11.3 Å². The minimum Gasteiger partial charge on any atom is -0.504 e. The molecule has 0 radical (unpaired) electrons. The van der Waals surface area contributed by atoms with Crippen LogP contribution in [0.2, 0.25) is 0 Å². The Balaban J connectivity index is 1.79. The molecule has 3 aromatic rings. The normalized spacial score (nSPS) is 10.7. The van der Waals surface area contributed by atoms with E-state index in [9.17, 15) is 5.11 Å². The van der Waals surface area contributed by atoms with Crippen molar-refractivity contribution in [3.63, 3.8) is 0 Å². The molecule has 2 aromatic heterocycles. The van der Waals surface area contributed by atoms with Crippen LogP contribution < -0.4 is 4.74 Å². The Morgan fingerprint density at radius 3 is 2.78 bits per heavy atom. The number of aromatic nitrogens is 2. The summed E-state index contributed by atoms with van der Waals surface area (Å²) in [5.74, 6) is 0.607. The lowest BCUT2D eigenvalue weighted by Gasteiger charge is -2.05. The number of fused-ring (bicyclic) bond motifs is 1. The molecular formula is C14H12N2O2. The van der Waals surface area contributed by atoms with Crippen molar-refractivity contribution in [2.24, 2.45) is 0 Å². The number of imidazole rings is 1. The number of hydrogen-bond donors (Lipinski definition) is 1. The van der Waals surface area contributed by atoms with Gasteiger partial charge in [0.15, 0.2) is 11.5 Å². The second-order valence-corrected chi connectivity index (χ2v) is 3.95. The van der Waals surface area contributed by atoms with Gasteiger partial charge in [0.05, 0.1) is 5.69 Å². The number of ether oxygens (including phenoxy) is 1. The van der Waals surface area contributed by atoms with Crippen LogP contribution in [0.5, 0.6) is 11.5 Å². The van der Waals surface area contributed by atoms with Crippen molar-refractivity contribution in [2.45, 2.75) is 6.61 Å². The first kappa shape index (κ1) is 10.7. The number of pyridine rings is 1. The summed E-state index contributed by atoms with van der Waals surface area (Å²) in [6.07, 6.45) is 3.85. The number of para-hydroxylation sites is 2. The Bertz CT molecular complexity index is 643. The lowest BCUT2D eigenvalue weighted by Crippen LogP contribution is -1.95. The number of hydrogen-bond acceptors (Lipinski definition) is 3. The highest BCUT2D eigenvalue weighted by atomic mass is 16.5. The van der Waals surface area contributed by atoms with Gasteiger partial charge in [-0.3, -0.25) is 0 Å².